The zero-order valence-electron chi connectivity index (χ0n) is 14.9. The van der Waals surface area contributed by atoms with E-state index in [4.69, 9.17) is 4.74 Å². The molecule has 4 heteroatoms. The Labute approximate surface area is 129 Å². The Morgan fingerprint density at radius 1 is 1.33 bits per heavy atom. The molecular formula is C17H31N3O. The van der Waals surface area contributed by atoms with Gasteiger partial charge in [0, 0.05) is 41.0 Å². The van der Waals surface area contributed by atoms with Gasteiger partial charge >= 0.3 is 0 Å². The number of nitrogens with one attached hydrogen (secondary N) is 1. The molecule has 0 aliphatic carbocycles. The van der Waals surface area contributed by atoms with Gasteiger partial charge in [-0.25, -0.2) is 0 Å². The first-order chi connectivity index (χ1) is 9.75. The van der Waals surface area contributed by atoms with Crippen molar-refractivity contribution in [2.45, 2.75) is 52.6 Å². The SMILES string of the molecule is CCNC(Cc1ncc(C)c(OC)c1C)C(C)(C)N(C)C. The van der Waals surface area contributed by atoms with Crippen LogP contribution in [0.1, 0.15) is 37.6 Å². The first-order valence-electron chi connectivity index (χ1n) is 7.65. The fourth-order valence-corrected chi connectivity index (χ4v) is 2.60. The standard InChI is InChI=1S/C17H31N3O/c1-9-18-15(17(4,5)20(6)7)10-14-13(3)16(21-8)12(2)11-19-14/h11,15,18H,9-10H2,1-8H3. The average Bonchev–Trinajstić information content (AvgIpc) is 2.41. The number of methoxy groups -OCH3 is 1. The van der Waals surface area contributed by atoms with E-state index in [1.54, 1.807) is 7.11 Å². The van der Waals surface area contributed by atoms with Gasteiger partial charge in [-0.05, 0) is 48.3 Å². The molecule has 1 rings (SSSR count). The summed E-state index contributed by atoms with van der Waals surface area (Å²) in [4.78, 5) is 6.91. The number of ether oxygens (including phenoxy) is 1. The van der Waals surface area contributed by atoms with Crippen molar-refractivity contribution in [2.75, 3.05) is 27.7 Å². The highest BCUT2D eigenvalue weighted by atomic mass is 16.5. The third-order valence-corrected chi connectivity index (χ3v) is 4.60. The van der Waals surface area contributed by atoms with Gasteiger partial charge in [-0.3, -0.25) is 4.98 Å². The highest BCUT2D eigenvalue weighted by molar-refractivity contribution is 5.41. The van der Waals surface area contributed by atoms with E-state index in [1.165, 1.54) is 0 Å². The molecule has 0 fully saturated rings. The number of pyridine rings is 1. The lowest BCUT2D eigenvalue weighted by atomic mass is 9.88. The van der Waals surface area contributed by atoms with Crippen LogP contribution in [0.5, 0.6) is 5.75 Å². The number of aryl methyl sites for hydroxylation is 1. The lowest BCUT2D eigenvalue weighted by molar-refractivity contribution is 0.137. The minimum atomic E-state index is 0.0439. The molecule has 21 heavy (non-hydrogen) atoms. The lowest BCUT2D eigenvalue weighted by Crippen LogP contribution is -2.56. The normalized spacial score (nSPS) is 13.6. The predicted octanol–water partition coefficient (Wildman–Crippen LogP) is 2.57. The predicted molar refractivity (Wildman–Crippen MR) is 89.2 cm³/mol. The first kappa shape index (κ1) is 17.9. The van der Waals surface area contributed by atoms with Crippen LogP contribution in [0.15, 0.2) is 6.20 Å². The Balaban J connectivity index is 3.11. The summed E-state index contributed by atoms with van der Waals surface area (Å²) in [5.41, 5.74) is 3.39. The molecule has 1 heterocycles. The number of aromatic nitrogens is 1. The Bertz CT molecular complexity index is 469. The maximum absolute atomic E-state index is 5.52. The summed E-state index contributed by atoms with van der Waals surface area (Å²) in [5.74, 6) is 0.956. The van der Waals surface area contributed by atoms with Gasteiger partial charge in [0.2, 0.25) is 0 Å². The van der Waals surface area contributed by atoms with Gasteiger partial charge in [-0.2, -0.15) is 0 Å². The van der Waals surface area contributed by atoms with E-state index in [2.05, 4.69) is 57.0 Å². The monoisotopic (exact) mass is 293 g/mol. The smallest absolute Gasteiger partial charge is 0.128 e. The summed E-state index contributed by atoms with van der Waals surface area (Å²) in [6.45, 7) is 11.8. The van der Waals surface area contributed by atoms with Crippen molar-refractivity contribution in [1.82, 2.24) is 15.2 Å². The van der Waals surface area contributed by atoms with Gasteiger partial charge in [0.25, 0.3) is 0 Å². The van der Waals surface area contributed by atoms with Gasteiger partial charge in [-0.15, -0.1) is 0 Å². The molecular weight excluding hydrogens is 262 g/mol. The molecule has 0 spiro atoms. The van der Waals surface area contributed by atoms with Crippen LogP contribution < -0.4 is 10.1 Å². The van der Waals surface area contributed by atoms with Gasteiger partial charge in [0.05, 0.1) is 7.11 Å². The van der Waals surface area contributed by atoms with E-state index in [0.29, 0.717) is 6.04 Å². The molecule has 1 N–H and O–H groups in total. The van der Waals surface area contributed by atoms with Crippen molar-refractivity contribution >= 4 is 0 Å². The minimum absolute atomic E-state index is 0.0439. The van der Waals surface area contributed by atoms with Crippen molar-refractivity contribution in [1.29, 1.82) is 0 Å². The highest BCUT2D eigenvalue weighted by Crippen LogP contribution is 2.27. The summed E-state index contributed by atoms with van der Waals surface area (Å²) in [6, 6.07) is 0.330. The van der Waals surface area contributed by atoms with E-state index in [1.807, 2.05) is 13.1 Å². The van der Waals surface area contributed by atoms with Crippen LogP contribution in [0.25, 0.3) is 0 Å². The Kier molecular flexibility index (Phi) is 6.17. The number of hydrogen-bond donors (Lipinski definition) is 1. The van der Waals surface area contributed by atoms with Crippen LogP contribution in [0.2, 0.25) is 0 Å². The fraction of sp³-hybridized carbons (Fsp3) is 0.706. The van der Waals surface area contributed by atoms with Gasteiger partial charge in [0.1, 0.15) is 5.75 Å². The van der Waals surface area contributed by atoms with Crippen LogP contribution in [0.3, 0.4) is 0 Å². The molecule has 1 atom stereocenters. The van der Waals surface area contributed by atoms with Crippen molar-refractivity contribution < 1.29 is 4.74 Å². The van der Waals surface area contributed by atoms with E-state index in [-0.39, 0.29) is 5.54 Å². The summed E-state index contributed by atoms with van der Waals surface area (Å²) >= 11 is 0. The molecule has 1 aromatic rings. The topological polar surface area (TPSA) is 37.4 Å². The zero-order chi connectivity index (χ0) is 16.2. The number of nitrogens with zero attached hydrogens (tertiary/aromatic N) is 2. The molecule has 0 radical (unpaired) electrons. The number of hydrogen-bond acceptors (Lipinski definition) is 4. The van der Waals surface area contributed by atoms with Crippen LogP contribution in [0.4, 0.5) is 0 Å². The summed E-state index contributed by atoms with van der Waals surface area (Å²) in [7, 11) is 5.98. The van der Waals surface area contributed by atoms with Crippen LogP contribution >= 0.6 is 0 Å². The molecule has 120 valence electrons. The number of likely N-dealkylation sites (N-methyl/N-ethyl adjacent to an activating group) is 2. The average molecular weight is 293 g/mol. The Morgan fingerprint density at radius 2 is 1.95 bits per heavy atom. The van der Waals surface area contributed by atoms with E-state index in [0.717, 1.165) is 35.5 Å². The highest BCUT2D eigenvalue weighted by Gasteiger charge is 2.32. The van der Waals surface area contributed by atoms with Gasteiger partial charge in [-0.1, -0.05) is 6.92 Å². The second-order valence-corrected chi connectivity index (χ2v) is 6.41. The van der Waals surface area contributed by atoms with Crippen molar-refractivity contribution in [3.63, 3.8) is 0 Å². The van der Waals surface area contributed by atoms with Crippen molar-refractivity contribution in [3.8, 4) is 5.75 Å². The number of rotatable bonds is 7. The molecule has 0 aromatic carbocycles. The third kappa shape index (κ3) is 3.95. The quantitative estimate of drug-likeness (QED) is 0.838. The molecule has 0 aliphatic rings. The minimum Gasteiger partial charge on any atom is -0.496 e. The second kappa shape index (κ2) is 7.23. The Hall–Kier alpha value is -1.13. The third-order valence-electron chi connectivity index (χ3n) is 4.60. The lowest BCUT2D eigenvalue weighted by Gasteiger charge is -2.40. The Morgan fingerprint density at radius 3 is 2.43 bits per heavy atom. The largest absolute Gasteiger partial charge is 0.496 e. The molecule has 0 saturated carbocycles. The summed E-state index contributed by atoms with van der Waals surface area (Å²) in [5, 5.41) is 3.61. The van der Waals surface area contributed by atoms with E-state index < -0.39 is 0 Å². The van der Waals surface area contributed by atoms with Crippen LogP contribution in [-0.2, 0) is 6.42 Å². The molecule has 1 aromatic heterocycles. The van der Waals surface area contributed by atoms with Gasteiger partial charge in [0.15, 0.2) is 0 Å². The van der Waals surface area contributed by atoms with E-state index >= 15 is 0 Å². The van der Waals surface area contributed by atoms with Crippen LogP contribution in [0, 0.1) is 13.8 Å². The second-order valence-electron chi connectivity index (χ2n) is 6.41. The molecule has 4 nitrogen and oxygen atoms in total. The molecule has 0 saturated heterocycles. The molecule has 0 amide bonds. The molecule has 1 unspecified atom stereocenters. The maximum Gasteiger partial charge on any atom is 0.128 e. The maximum atomic E-state index is 5.52. The van der Waals surface area contributed by atoms with Crippen molar-refractivity contribution in [3.05, 3.63) is 23.0 Å². The van der Waals surface area contributed by atoms with E-state index in [9.17, 15) is 0 Å². The van der Waals surface area contributed by atoms with Crippen molar-refractivity contribution in [2.24, 2.45) is 0 Å². The summed E-state index contributed by atoms with van der Waals surface area (Å²) < 4.78 is 5.52. The van der Waals surface area contributed by atoms with Gasteiger partial charge < -0.3 is 15.0 Å². The van der Waals surface area contributed by atoms with Crippen LogP contribution in [-0.4, -0.2) is 49.2 Å². The summed E-state index contributed by atoms with van der Waals surface area (Å²) in [6.07, 6.45) is 2.80. The molecule has 0 aliphatic heterocycles. The molecule has 0 bridgehead atoms. The zero-order valence-corrected chi connectivity index (χ0v) is 14.9. The first-order valence-corrected chi connectivity index (χ1v) is 7.65. The fourth-order valence-electron chi connectivity index (χ4n) is 2.60.